The predicted octanol–water partition coefficient (Wildman–Crippen LogP) is 2.37. The lowest BCUT2D eigenvalue weighted by molar-refractivity contribution is -0.140. The minimum atomic E-state index is -0.412. The number of carbonyl (C=O) groups excluding carboxylic acids is 1. The normalized spacial score (nSPS) is 20.8. The van der Waals surface area contributed by atoms with Crippen LogP contribution in [0.15, 0.2) is 24.3 Å². The van der Waals surface area contributed by atoms with E-state index in [-0.39, 0.29) is 12.0 Å². The number of rotatable bonds is 4. The molecule has 110 valence electrons. The Bertz CT molecular complexity index is 467. The SMILES string of the molecule is CCCC(N)C(=O)N1CCOC(c2ccccc2Cl)C1. The maximum absolute atomic E-state index is 12.3. The van der Waals surface area contributed by atoms with Gasteiger partial charge in [-0.25, -0.2) is 0 Å². The highest BCUT2D eigenvalue weighted by Crippen LogP contribution is 2.28. The first-order valence-electron chi connectivity index (χ1n) is 7.04. The van der Waals surface area contributed by atoms with Crippen LogP contribution in [0.4, 0.5) is 0 Å². The summed E-state index contributed by atoms with van der Waals surface area (Å²) in [5.41, 5.74) is 6.84. The van der Waals surface area contributed by atoms with Gasteiger partial charge in [-0.15, -0.1) is 0 Å². The van der Waals surface area contributed by atoms with Crippen molar-refractivity contribution in [2.24, 2.45) is 5.73 Å². The zero-order chi connectivity index (χ0) is 14.5. The van der Waals surface area contributed by atoms with Gasteiger partial charge in [0.05, 0.1) is 19.2 Å². The minimum absolute atomic E-state index is 0.00667. The van der Waals surface area contributed by atoms with Gasteiger partial charge in [0.25, 0.3) is 0 Å². The Labute approximate surface area is 124 Å². The molecule has 0 bridgehead atoms. The fourth-order valence-electron chi connectivity index (χ4n) is 2.44. The molecule has 1 amide bonds. The van der Waals surface area contributed by atoms with E-state index in [1.807, 2.05) is 31.2 Å². The first-order chi connectivity index (χ1) is 9.63. The van der Waals surface area contributed by atoms with E-state index in [1.165, 1.54) is 0 Å². The molecule has 1 saturated heterocycles. The van der Waals surface area contributed by atoms with Crippen LogP contribution in [0.5, 0.6) is 0 Å². The highest BCUT2D eigenvalue weighted by Gasteiger charge is 2.28. The Morgan fingerprint density at radius 3 is 3.00 bits per heavy atom. The summed E-state index contributed by atoms with van der Waals surface area (Å²) >= 11 is 6.19. The van der Waals surface area contributed by atoms with E-state index in [4.69, 9.17) is 22.1 Å². The zero-order valence-electron chi connectivity index (χ0n) is 11.7. The van der Waals surface area contributed by atoms with Crippen LogP contribution in [0.3, 0.4) is 0 Å². The monoisotopic (exact) mass is 296 g/mol. The first kappa shape index (κ1) is 15.3. The molecule has 0 aromatic heterocycles. The average Bonchev–Trinajstić information content (AvgIpc) is 2.47. The Hall–Kier alpha value is -1.10. The second-order valence-electron chi connectivity index (χ2n) is 5.06. The summed E-state index contributed by atoms with van der Waals surface area (Å²) in [5.74, 6) is 0.00667. The van der Waals surface area contributed by atoms with Gasteiger partial charge in [0.1, 0.15) is 6.10 Å². The Kier molecular flexibility index (Phi) is 5.40. The summed E-state index contributed by atoms with van der Waals surface area (Å²) in [5, 5.41) is 0.671. The molecule has 0 saturated carbocycles. The third-order valence-corrected chi connectivity index (χ3v) is 3.89. The van der Waals surface area contributed by atoms with Crippen LogP contribution < -0.4 is 5.73 Å². The highest BCUT2D eigenvalue weighted by atomic mass is 35.5. The summed E-state index contributed by atoms with van der Waals surface area (Å²) in [6.45, 7) is 3.65. The molecule has 5 heteroatoms. The Balaban J connectivity index is 2.05. The molecule has 2 rings (SSSR count). The van der Waals surface area contributed by atoms with Gasteiger partial charge in [0.15, 0.2) is 0 Å². The van der Waals surface area contributed by atoms with Crippen LogP contribution in [-0.4, -0.2) is 36.5 Å². The molecular formula is C15H21ClN2O2. The van der Waals surface area contributed by atoms with Crippen molar-refractivity contribution >= 4 is 17.5 Å². The number of halogens is 1. The van der Waals surface area contributed by atoms with E-state index in [2.05, 4.69) is 0 Å². The van der Waals surface area contributed by atoms with Crippen molar-refractivity contribution < 1.29 is 9.53 Å². The molecule has 1 aromatic rings. The lowest BCUT2D eigenvalue weighted by atomic mass is 10.1. The summed E-state index contributed by atoms with van der Waals surface area (Å²) in [6, 6.07) is 7.17. The van der Waals surface area contributed by atoms with Gasteiger partial charge >= 0.3 is 0 Å². The number of nitrogens with two attached hydrogens (primary N) is 1. The molecule has 1 fully saturated rings. The average molecular weight is 297 g/mol. The molecule has 0 aliphatic carbocycles. The Morgan fingerprint density at radius 2 is 2.30 bits per heavy atom. The van der Waals surface area contributed by atoms with Crippen molar-refractivity contribution in [3.63, 3.8) is 0 Å². The van der Waals surface area contributed by atoms with Crippen LogP contribution in [0.2, 0.25) is 5.02 Å². The maximum atomic E-state index is 12.3. The molecule has 2 N–H and O–H groups in total. The minimum Gasteiger partial charge on any atom is -0.370 e. The van der Waals surface area contributed by atoms with Gasteiger partial charge in [0, 0.05) is 17.1 Å². The first-order valence-corrected chi connectivity index (χ1v) is 7.41. The zero-order valence-corrected chi connectivity index (χ0v) is 12.5. The van der Waals surface area contributed by atoms with Gasteiger partial charge in [-0.05, 0) is 12.5 Å². The van der Waals surface area contributed by atoms with Crippen LogP contribution in [0.1, 0.15) is 31.4 Å². The van der Waals surface area contributed by atoms with Gasteiger partial charge < -0.3 is 15.4 Å². The third-order valence-electron chi connectivity index (χ3n) is 3.55. The number of nitrogens with zero attached hydrogens (tertiary/aromatic N) is 1. The van der Waals surface area contributed by atoms with Gasteiger partial charge in [-0.3, -0.25) is 4.79 Å². The van der Waals surface area contributed by atoms with E-state index < -0.39 is 6.04 Å². The number of hydrogen-bond donors (Lipinski definition) is 1. The van der Waals surface area contributed by atoms with Crippen LogP contribution in [0, 0.1) is 0 Å². The molecule has 0 spiro atoms. The standard InChI is InChI=1S/C15H21ClN2O2/c1-2-5-13(17)15(19)18-8-9-20-14(10-18)11-6-3-4-7-12(11)16/h3-4,6-7,13-14H,2,5,8-10,17H2,1H3. The largest absolute Gasteiger partial charge is 0.370 e. The topological polar surface area (TPSA) is 55.6 Å². The van der Waals surface area contributed by atoms with E-state index in [0.29, 0.717) is 31.1 Å². The van der Waals surface area contributed by atoms with Crippen LogP contribution >= 0.6 is 11.6 Å². The van der Waals surface area contributed by atoms with Gasteiger partial charge in [-0.1, -0.05) is 43.1 Å². The molecule has 2 atom stereocenters. The number of hydrogen-bond acceptors (Lipinski definition) is 3. The predicted molar refractivity (Wildman–Crippen MR) is 79.6 cm³/mol. The van der Waals surface area contributed by atoms with Crippen molar-refractivity contribution in [2.75, 3.05) is 19.7 Å². The molecule has 1 aromatic carbocycles. The smallest absolute Gasteiger partial charge is 0.239 e. The molecule has 1 heterocycles. The quantitative estimate of drug-likeness (QED) is 0.928. The second-order valence-corrected chi connectivity index (χ2v) is 5.47. The van der Waals surface area contributed by atoms with E-state index in [9.17, 15) is 4.79 Å². The van der Waals surface area contributed by atoms with Gasteiger partial charge in [0.2, 0.25) is 5.91 Å². The molecule has 0 radical (unpaired) electrons. The number of ether oxygens (including phenoxy) is 1. The Morgan fingerprint density at radius 1 is 1.55 bits per heavy atom. The summed E-state index contributed by atoms with van der Waals surface area (Å²) in [6.07, 6.45) is 1.45. The fraction of sp³-hybridized carbons (Fsp3) is 0.533. The molecular weight excluding hydrogens is 276 g/mol. The van der Waals surface area contributed by atoms with Crippen molar-refractivity contribution in [2.45, 2.75) is 31.9 Å². The number of carbonyl (C=O) groups is 1. The summed E-state index contributed by atoms with van der Waals surface area (Å²) in [4.78, 5) is 14.1. The highest BCUT2D eigenvalue weighted by molar-refractivity contribution is 6.31. The lowest BCUT2D eigenvalue weighted by Gasteiger charge is -2.34. The van der Waals surface area contributed by atoms with E-state index in [0.717, 1.165) is 12.0 Å². The number of morpholine rings is 1. The number of benzene rings is 1. The molecule has 20 heavy (non-hydrogen) atoms. The van der Waals surface area contributed by atoms with Crippen LogP contribution in [-0.2, 0) is 9.53 Å². The number of amides is 1. The van der Waals surface area contributed by atoms with Crippen molar-refractivity contribution in [3.8, 4) is 0 Å². The summed E-state index contributed by atoms with van der Waals surface area (Å²) in [7, 11) is 0. The second kappa shape index (κ2) is 7.07. The van der Waals surface area contributed by atoms with E-state index in [1.54, 1.807) is 4.90 Å². The van der Waals surface area contributed by atoms with Crippen LogP contribution in [0.25, 0.3) is 0 Å². The van der Waals surface area contributed by atoms with E-state index >= 15 is 0 Å². The molecule has 1 aliphatic heterocycles. The molecule has 2 unspecified atom stereocenters. The fourth-order valence-corrected chi connectivity index (χ4v) is 2.70. The lowest BCUT2D eigenvalue weighted by Crippen LogP contribution is -2.49. The van der Waals surface area contributed by atoms with Crippen molar-refractivity contribution in [1.29, 1.82) is 0 Å². The van der Waals surface area contributed by atoms with Crippen molar-refractivity contribution in [3.05, 3.63) is 34.9 Å². The van der Waals surface area contributed by atoms with Gasteiger partial charge in [-0.2, -0.15) is 0 Å². The van der Waals surface area contributed by atoms with Crippen molar-refractivity contribution in [1.82, 2.24) is 4.90 Å². The molecule has 4 nitrogen and oxygen atoms in total. The maximum Gasteiger partial charge on any atom is 0.239 e. The molecule has 1 aliphatic rings. The summed E-state index contributed by atoms with van der Waals surface area (Å²) < 4.78 is 5.75. The third kappa shape index (κ3) is 3.51.